The van der Waals surface area contributed by atoms with Crippen molar-refractivity contribution in [3.63, 3.8) is 0 Å². The van der Waals surface area contributed by atoms with Crippen LogP contribution in [0.2, 0.25) is 0 Å². The van der Waals surface area contributed by atoms with Crippen molar-refractivity contribution < 1.29 is 39.2 Å². The van der Waals surface area contributed by atoms with Gasteiger partial charge in [0.25, 0.3) is 0 Å². The summed E-state index contributed by atoms with van der Waals surface area (Å²) in [5, 5.41) is 26.9. The first kappa shape index (κ1) is 25.2. The number of methoxy groups -OCH3 is 2. The van der Waals surface area contributed by atoms with E-state index in [0.717, 1.165) is 5.56 Å². The third kappa shape index (κ3) is 10.6. The Hall–Kier alpha value is -2.85. The van der Waals surface area contributed by atoms with Crippen LogP contribution < -0.4 is 9.47 Å². The summed E-state index contributed by atoms with van der Waals surface area (Å²) in [6, 6.07) is 5.41. The fraction of sp³-hybridized carbons (Fsp3) is 0.550. The van der Waals surface area contributed by atoms with E-state index in [0.29, 0.717) is 37.7 Å². The van der Waals surface area contributed by atoms with Crippen molar-refractivity contribution in [3.8, 4) is 11.5 Å². The van der Waals surface area contributed by atoms with Crippen molar-refractivity contribution >= 4 is 17.9 Å². The van der Waals surface area contributed by atoms with Gasteiger partial charge in [0.1, 0.15) is 11.5 Å². The zero-order valence-corrected chi connectivity index (χ0v) is 17.4. The molecule has 1 aromatic rings. The summed E-state index contributed by atoms with van der Waals surface area (Å²) in [6.07, 6.45) is -0.241. The predicted molar refractivity (Wildman–Crippen MR) is 108 cm³/mol. The lowest BCUT2D eigenvalue weighted by Crippen LogP contribution is -2.38. The van der Waals surface area contributed by atoms with Crippen molar-refractivity contribution in [2.75, 3.05) is 46.9 Å². The Kier molecular flexibility index (Phi) is 11.2. The van der Waals surface area contributed by atoms with Gasteiger partial charge in [-0.15, -0.1) is 0 Å². The van der Waals surface area contributed by atoms with Gasteiger partial charge in [-0.25, -0.2) is 0 Å². The summed E-state index contributed by atoms with van der Waals surface area (Å²) < 4.78 is 10.5. The molecule has 0 aromatic heterocycles. The molecule has 0 fully saturated rings. The van der Waals surface area contributed by atoms with E-state index in [9.17, 15) is 14.4 Å². The minimum atomic E-state index is -0.957. The van der Waals surface area contributed by atoms with Crippen LogP contribution in [0.3, 0.4) is 0 Å². The Bertz CT molecular complexity index is 670. The summed E-state index contributed by atoms with van der Waals surface area (Å²) in [5.41, 5.74) is 0.874. The second-order valence-corrected chi connectivity index (χ2v) is 6.77. The molecular weight excluding hydrogens is 396 g/mol. The second-order valence-electron chi connectivity index (χ2n) is 6.77. The summed E-state index contributed by atoms with van der Waals surface area (Å²) in [5.74, 6) is -1.60. The van der Waals surface area contributed by atoms with Crippen LogP contribution in [-0.2, 0) is 20.9 Å². The first-order valence-corrected chi connectivity index (χ1v) is 9.55. The van der Waals surface area contributed by atoms with Gasteiger partial charge in [0.05, 0.1) is 33.5 Å². The first-order chi connectivity index (χ1) is 14.2. The Labute approximate surface area is 175 Å². The van der Waals surface area contributed by atoms with Gasteiger partial charge in [0, 0.05) is 45.3 Å². The highest BCUT2D eigenvalue weighted by Gasteiger charge is 2.15. The van der Waals surface area contributed by atoms with Gasteiger partial charge in [-0.3, -0.25) is 19.3 Å². The van der Waals surface area contributed by atoms with E-state index >= 15 is 0 Å². The van der Waals surface area contributed by atoms with Gasteiger partial charge < -0.3 is 29.7 Å². The SMILES string of the molecule is COc1cc(CN(CCC(=O)O)CCN(CCC(=O)O)CCC(=O)O)cc(OC)c1. The fourth-order valence-corrected chi connectivity index (χ4v) is 2.87. The normalized spacial score (nSPS) is 10.9. The highest BCUT2D eigenvalue weighted by atomic mass is 16.5. The number of hydrogen-bond donors (Lipinski definition) is 3. The largest absolute Gasteiger partial charge is 0.497 e. The van der Waals surface area contributed by atoms with E-state index < -0.39 is 17.9 Å². The molecule has 30 heavy (non-hydrogen) atoms. The molecule has 1 aromatic carbocycles. The molecule has 1 rings (SSSR count). The maximum atomic E-state index is 11.0. The molecule has 168 valence electrons. The summed E-state index contributed by atoms with van der Waals surface area (Å²) >= 11 is 0. The molecule has 0 spiro atoms. The van der Waals surface area contributed by atoms with Crippen molar-refractivity contribution in [1.29, 1.82) is 0 Å². The Morgan fingerprint density at radius 2 is 1.10 bits per heavy atom. The van der Waals surface area contributed by atoms with Crippen LogP contribution in [0.1, 0.15) is 24.8 Å². The average molecular weight is 426 g/mol. The molecule has 0 unspecified atom stereocenters. The number of carboxylic acids is 3. The van der Waals surface area contributed by atoms with E-state index in [1.807, 2.05) is 17.0 Å². The zero-order valence-electron chi connectivity index (χ0n) is 17.4. The standard InChI is InChI=1S/C20H30N2O8/c1-29-16-11-15(12-17(13-16)30-2)14-22(8-5-20(27)28)10-9-21(6-3-18(23)24)7-4-19(25)26/h11-13H,3-10,14H2,1-2H3,(H,23,24)(H,25,26)(H,27,28). The predicted octanol–water partition coefficient (Wildman–Crippen LogP) is 1.23. The van der Waals surface area contributed by atoms with Gasteiger partial charge in [0.15, 0.2) is 0 Å². The Morgan fingerprint density at radius 3 is 1.50 bits per heavy atom. The number of benzene rings is 1. The molecule has 0 aliphatic carbocycles. The number of rotatable bonds is 16. The van der Waals surface area contributed by atoms with Crippen LogP contribution in [-0.4, -0.2) is 90.0 Å². The van der Waals surface area contributed by atoms with E-state index in [-0.39, 0.29) is 32.4 Å². The van der Waals surface area contributed by atoms with Crippen LogP contribution in [0.5, 0.6) is 11.5 Å². The van der Waals surface area contributed by atoms with E-state index in [4.69, 9.17) is 24.8 Å². The Balaban J connectivity index is 2.85. The van der Waals surface area contributed by atoms with E-state index in [1.165, 1.54) is 0 Å². The van der Waals surface area contributed by atoms with Crippen molar-refractivity contribution in [3.05, 3.63) is 23.8 Å². The third-order valence-electron chi connectivity index (χ3n) is 4.48. The summed E-state index contributed by atoms with van der Waals surface area (Å²) in [6.45, 7) is 2.05. The molecule has 10 heteroatoms. The van der Waals surface area contributed by atoms with Gasteiger partial charge in [-0.05, 0) is 17.7 Å². The minimum absolute atomic E-state index is 0.0502. The molecule has 0 saturated heterocycles. The van der Waals surface area contributed by atoms with Crippen molar-refractivity contribution in [2.45, 2.75) is 25.8 Å². The average Bonchev–Trinajstić information content (AvgIpc) is 2.70. The molecule has 10 nitrogen and oxygen atoms in total. The van der Waals surface area contributed by atoms with Crippen LogP contribution in [0.4, 0.5) is 0 Å². The lowest BCUT2D eigenvalue weighted by molar-refractivity contribution is -0.139. The zero-order chi connectivity index (χ0) is 22.5. The Morgan fingerprint density at radius 1 is 0.700 bits per heavy atom. The number of carboxylic acid groups (broad SMARTS) is 3. The summed E-state index contributed by atoms with van der Waals surface area (Å²) in [7, 11) is 3.09. The highest BCUT2D eigenvalue weighted by molar-refractivity contribution is 5.67. The van der Waals surface area contributed by atoms with Crippen LogP contribution in [0.15, 0.2) is 18.2 Å². The topological polar surface area (TPSA) is 137 Å². The van der Waals surface area contributed by atoms with E-state index in [2.05, 4.69) is 0 Å². The third-order valence-corrected chi connectivity index (χ3v) is 4.48. The molecule has 0 amide bonds. The quantitative estimate of drug-likeness (QED) is 0.354. The minimum Gasteiger partial charge on any atom is -0.497 e. The number of nitrogens with zero attached hydrogens (tertiary/aromatic N) is 2. The maximum Gasteiger partial charge on any atom is 0.304 e. The molecule has 0 saturated carbocycles. The van der Waals surface area contributed by atoms with Gasteiger partial charge in [-0.2, -0.15) is 0 Å². The van der Waals surface area contributed by atoms with Gasteiger partial charge in [-0.1, -0.05) is 0 Å². The molecule has 0 aliphatic heterocycles. The number of hydrogen-bond acceptors (Lipinski definition) is 7. The smallest absolute Gasteiger partial charge is 0.304 e. The van der Waals surface area contributed by atoms with Gasteiger partial charge >= 0.3 is 17.9 Å². The number of ether oxygens (including phenoxy) is 2. The van der Waals surface area contributed by atoms with Crippen LogP contribution in [0.25, 0.3) is 0 Å². The molecule has 0 bridgehead atoms. The summed E-state index contributed by atoms with van der Waals surface area (Å²) in [4.78, 5) is 36.5. The maximum absolute atomic E-state index is 11.0. The van der Waals surface area contributed by atoms with E-state index in [1.54, 1.807) is 25.2 Å². The van der Waals surface area contributed by atoms with Crippen LogP contribution in [0, 0.1) is 0 Å². The monoisotopic (exact) mass is 426 g/mol. The first-order valence-electron chi connectivity index (χ1n) is 9.55. The lowest BCUT2D eigenvalue weighted by Gasteiger charge is -2.27. The highest BCUT2D eigenvalue weighted by Crippen LogP contribution is 2.23. The number of aliphatic carboxylic acids is 3. The fourth-order valence-electron chi connectivity index (χ4n) is 2.87. The van der Waals surface area contributed by atoms with Crippen molar-refractivity contribution in [1.82, 2.24) is 9.80 Å². The molecular formula is C20H30N2O8. The molecule has 3 N–H and O–H groups in total. The molecule has 0 radical (unpaired) electrons. The second kappa shape index (κ2) is 13.4. The van der Waals surface area contributed by atoms with Crippen molar-refractivity contribution in [2.24, 2.45) is 0 Å². The molecule has 0 atom stereocenters. The van der Waals surface area contributed by atoms with Gasteiger partial charge in [0.2, 0.25) is 0 Å². The number of carbonyl (C=O) groups is 3. The molecule has 0 heterocycles. The molecule has 0 aliphatic rings. The van der Waals surface area contributed by atoms with Crippen LogP contribution >= 0.6 is 0 Å². The lowest BCUT2D eigenvalue weighted by atomic mass is 10.1.